The van der Waals surface area contributed by atoms with Crippen LogP contribution in [0, 0.1) is 0 Å². The summed E-state index contributed by atoms with van der Waals surface area (Å²) >= 11 is 4.50. The molecule has 0 radical (unpaired) electrons. The van der Waals surface area contributed by atoms with Crippen molar-refractivity contribution < 1.29 is 13.2 Å². The van der Waals surface area contributed by atoms with Crippen molar-refractivity contribution >= 4 is 17.3 Å². The van der Waals surface area contributed by atoms with Crippen molar-refractivity contribution in [2.75, 3.05) is 6.54 Å². The summed E-state index contributed by atoms with van der Waals surface area (Å²) in [6, 6.07) is -0.0795. The molecule has 0 aromatic rings. The molecule has 6 heteroatoms. The first-order valence-corrected chi connectivity index (χ1v) is 3.94. The molecule has 1 aliphatic carbocycles. The quantitative estimate of drug-likeness (QED) is 0.677. The maximum Gasteiger partial charge on any atom is 0.406 e. The zero-order valence-electron chi connectivity index (χ0n) is 6.27. The Hall–Kier alpha value is -0.520. The van der Waals surface area contributed by atoms with Crippen LogP contribution in [0.5, 0.6) is 0 Å². The summed E-state index contributed by atoms with van der Waals surface area (Å²) in [5.74, 6) is 0. The first-order chi connectivity index (χ1) is 5.40. The lowest BCUT2D eigenvalue weighted by Crippen LogP contribution is -2.43. The van der Waals surface area contributed by atoms with Crippen LogP contribution < -0.4 is 5.73 Å². The monoisotopic (exact) mass is 198 g/mol. The molecule has 0 spiro atoms. The van der Waals surface area contributed by atoms with Crippen LogP contribution in [0.2, 0.25) is 0 Å². The van der Waals surface area contributed by atoms with Gasteiger partial charge in [-0.3, -0.25) is 0 Å². The molecular weight excluding hydrogens is 189 g/mol. The van der Waals surface area contributed by atoms with Gasteiger partial charge in [-0.15, -0.1) is 0 Å². The highest BCUT2D eigenvalue weighted by Gasteiger charge is 2.38. The smallest absolute Gasteiger partial charge is 0.376 e. The Morgan fingerprint density at radius 3 is 2.25 bits per heavy atom. The van der Waals surface area contributed by atoms with Crippen LogP contribution in [0.25, 0.3) is 0 Å². The van der Waals surface area contributed by atoms with Gasteiger partial charge in [0.05, 0.1) is 0 Å². The highest BCUT2D eigenvalue weighted by molar-refractivity contribution is 7.80. The van der Waals surface area contributed by atoms with E-state index in [-0.39, 0.29) is 11.2 Å². The molecule has 2 nitrogen and oxygen atoms in total. The van der Waals surface area contributed by atoms with Gasteiger partial charge in [0.2, 0.25) is 0 Å². The van der Waals surface area contributed by atoms with Gasteiger partial charge in [0.15, 0.2) is 5.11 Å². The van der Waals surface area contributed by atoms with Crippen molar-refractivity contribution in [1.29, 1.82) is 0 Å². The number of halogens is 3. The number of hydrogen-bond donors (Lipinski definition) is 1. The molecule has 70 valence electrons. The van der Waals surface area contributed by atoms with E-state index in [9.17, 15) is 13.2 Å². The molecule has 12 heavy (non-hydrogen) atoms. The van der Waals surface area contributed by atoms with Gasteiger partial charge in [0, 0.05) is 6.04 Å². The molecule has 1 aliphatic rings. The predicted octanol–water partition coefficient (Wildman–Crippen LogP) is 1.26. The average molecular weight is 198 g/mol. The average Bonchev–Trinajstić information content (AvgIpc) is 2.61. The van der Waals surface area contributed by atoms with E-state index in [2.05, 4.69) is 12.2 Å². The third-order valence-corrected chi connectivity index (χ3v) is 1.85. The maximum atomic E-state index is 11.9. The minimum atomic E-state index is -4.22. The second kappa shape index (κ2) is 3.08. The fourth-order valence-corrected chi connectivity index (χ4v) is 1.18. The van der Waals surface area contributed by atoms with E-state index in [1.54, 1.807) is 0 Å². The second-order valence-corrected chi connectivity index (χ2v) is 3.23. The predicted molar refractivity (Wildman–Crippen MR) is 42.6 cm³/mol. The number of nitrogens with two attached hydrogens (primary N) is 1. The highest BCUT2D eigenvalue weighted by Crippen LogP contribution is 2.29. The van der Waals surface area contributed by atoms with Gasteiger partial charge in [-0.1, -0.05) is 0 Å². The van der Waals surface area contributed by atoms with Gasteiger partial charge in [-0.05, 0) is 25.1 Å². The molecule has 0 saturated heterocycles. The fourth-order valence-electron chi connectivity index (χ4n) is 0.966. The van der Waals surface area contributed by atoms with Gasteiger partial charge in [-0.25, -0.2) is 0 Å². The van der Waals surface area contributed by atoms with Crippen molar-refractivity contribution in [2.24, 2.45) is 5.73 Å². The number of rotatable bonds is 2. The van der Waals surface area contributed by atoms with Crippen molar-refractivity contribution in [2.45, 2.75) is 25.1 Å². The van der Waals surface area contributed by atoms with E-state index in [0.717, 1.165) is 17.7 Å². The summed E-state index contributed by atoms with van der Waals surface area (Å²) in [5, 5.41) is -0.158. The minimum Gasteiger partial charge on any atom is -0.376 e. The molecular formula is C6H9F3N2S. The third kappa shape index (κ3) is 2.84. The summed E-state index contributed by atoms with van der Waals surface area (Å²) in [5.41, 5.74) is 5.14. The van der Waals surface area contributed by atoms with E-state index in [1.807, 2.05) is 0 Å². The van der Waals surface area contributed by atoms with Gasteiger partial charge in [0.1, 0.15) is 6.54 Å². The molecule has 0 atom stereocenters. The Morgan fingerprint density at radius 1 is 1.50 bits per heavy atom. The summed E-state index contributed by atoms with van der Waals surface area (Å²) in [6.45, 7) is -1.02. The molecule has 1 rings (SSSR count). The first-order valence-electron chi connectivity index (χ1n) is 3.53. The highest BCUT2D eigenvalue weighted by atomic mass is 32.1. The van der Waals surface area contributed by atoms with Gasteiger partial charge >= 0.3 is 6.18 Å². The molecule has 0 aromatic carbocycles. The molecule has 0 amide bonds. The van der Waals surface area contributed by atoms with Crippen LogP contribution in [0.15, 0.2) is 0 Å². The third-order valence-electron chi connectivity index (χ3n) is 1.62. The number of nitrogens with zero attached hydrogens (tertiary/aromatic N) is 1. The lowest BCUT2D eigenvalue weighted by Gasteiger charge is -2.23. The Morgan fingerprint density at radius 2 is 2.00 bits per heavy atom. The summed E-state index contributed by atoms with van der Waals surface area (Å²) in [7, 11) is 0. The van der Waals surface area contributed by atoms with E-state index < -0.39 is 12.7 Å². The Labute approximate surface area is 73.5 Å². The Bertz CT molecular complexity index is 188. The van der Waals surface area contributed by atoms with E-state index in [4.69, 9.17) is 5.73 Å². The molecule has 0 heterocycles. The van der Waals surface area contributed by atoms with Gasteiger partial charge < -0.3 is 10.6 Å². The summed E-state index contributed by atoms with van der Waals surface area (Å²) in [4.78, 5) is 1.04. The summed E-state index contributed by atoms with van der Waals surface area (Å²) < 4.78 is 35.7. The molecule has 0 unspecified atom stereocenters. The van der Waals surface area contributed by atoms with Crippen molar-refractivity contribution in [1.82, 2.24) is 4.90 Å². The maximum absolute atomic E-state index is 11.9. The minimum absolute atomic E-state index is 0.0795. The van der Waals surface area contributed by atoms with Crippen LogP contribution in [0.3, 0.4) is 0 Å². The number of thiocarbonyl (C=S) groups is 1. The molecule has 2 N–H and O–H groups in total. The lowest BCUT2D eigenvalue weighted by atomic mass is 10.5. The van der Waals surface area contributed by atoms with E-state index >= 15 is 0 Å². The number of alkyl halides is 3. The summed E-state index contributed by atoms with van der Waals surface area (Å²) in [6.07, 6.45) is -2.70. The van der Waals surface area contributed by atoms with E-state index in [0.29, 0.717) is 0 Å². The molecule has 1 saturated carbocycles. The molecule has 1 fully saturated rings. The number of hydrogen-bond acceptors (Lipinski definition) is 1. The van der Waals surface area contributed by atoms with Crippen molar-refractivity contribution in [3.63, 3.8) is 0 Å². The topological polar surface area (TPSA) is 29.3 Å². The second-order valence-electron chi connectivity index (χ2n) is 2.81. The van der Waals surface area contributed by atoms with Crippen LogP contribution in [0.1, 0.15) is 12.8 Å². The SMILES string of the molecule is NC(=S)N(CC(F)(F)F)C1CC1. The zero-order chi connectivity index (χ0) is 9.35. The van der Waals surface area contributed by atoms with Crippen LogP contribution in [0.4, 0.5) is 13.2 Å². The van der Waals surface area contributed by atoms with Crippen LogP contribution >= 0.6 is 12.2 Å². The van der Waals surface area contributed by atoms with Crippen molar-refractivity contribution in [3.05, 3.63) is 0 Å². The lowest BCUT2D eigenvalue weighted by molar-refractivity contribution is -0.138. The van der Waals surface area contributed by atoms with Crippen LogP contribution in [-0.4, -0.2) is 28.8 Å². The fraction of sp³-hybridized carbons (Fsp3) is 0.833. The Kier molecular flexibility index (Phi) is 2.46. The standard InChI is InChI=1S/C6H9F3N2S/c7-6(8,9)3-11(5(10)12)4-1-2-4/h4H,1-3H2,(H2,10,12). The molecule has 0 aromatic heterocycles. The van der Waals surface area contributed by atoms with Gasteiger partial charge in [0.25, 0.3) is 0 Å². The molecule has 0 aliphatic heterocycles. The normalized spacial score (nSPS) is 17.6. The largest absolute Gasteiger partial charge is 0.406 e. The Balaban J connectivity index is 2.49. The first kappa shape index (κ1) is 9.57. The van der Waals surface area contributed by atoms with Crippen molar-refractivity contribution in [3.8, 4) is 0 Å². The zero-order valence-corrected chi connectivity index (χ0v) is 7.08. The van der Waals surface area contributed by atoms with E-state index in [1.165, 1.54) is 0 Å². The van der Waals surface area contributed by atoms with Gasteiger partial charge in [-0.2, -0.15) is 13.2 Å². The molecule has 0 bridgehead atoms. The van der Waals surface area contributed by atoms with Crippen LogP contribution in [-0.2, 0) is 0 Å².